The van der Waals surface area contributed by atoms with Crippen LogP contribution in [0, 0.1) is 0 Å². The maximum atomic E-state index is 12.1. The van der Waals surface area contributed by atoms with E-state index >= 15 is 0 Å². The Morgan fingerprint density at radius 3 is 2.76 bits per heavy atom. The molecule has 0 bridgehead atoms. The van der Waals surface area contributed by atoms with Crippen LogP contribution in [0.3, 0.4) is 0 Å². The lowest BCUT2D eigenvalue weighted by molar-refractivity contribution is 0.0697. The number of carboxylic acid groups (broad SMARTS) is 1. The van der Waals surface area contributed by atoms with Crippen molar-refractivity contribution in [3.8, 4) is 11.3 Å². The number of carboxylic acids is 1. The van der Waals surface area contributed by atoms with Gasteiger partial charge >= 0.3 is 5.97 Å². The normalized spacial score (nSPS) is 17.0. The summed E-state index contributed by atoms with van der Waals surface area (Å²) in [6.07, 6.45) is 3.81. The molecule has 0 radical (unpaired) electrons. The van der Waals surface area contributed by atoms with Crippen molar-refractivity contribution in [2.24, 2.45) is 0 Å². The van der Waals surface area contributed by atoms with Gasteiger partial charge in [-0.05, 0) is 25.0 Å². The lowest BCUT2D eigenvalue weighted by atomic mass is 9.96. The molecule has 0 saturated carbocycles. The smallest absolute Gasteiger partial charge is 0.343 e. The van der Waals surface area contributed by atoms with E-state index in [4.69, 9.17) is 4.52 Å². The Kier molecular flexibility index (Phi) is 4.23. The van der Waals surface area contributed by atoms with Gasteiger partial charge in [-0.2, -0.15) is 0 Å². The SMILES string of the molecule is O=C(O)c1c(N2CCCC(c3nnc4ccccn34)C2)noc1-c1ccccc1. The molecule has 4 heterocycles. The third kappa shape index (κ3) is 3.02. The van der Waals surface area contributed by atoms with E-state index in [0.717, 1.165) is 24.3 Å². The van der Waals surface area contributed by atoms with Crippen molar-refractivity contribution in [3.63, 3.8) is 0 Å². The Morgan fingerprint density at radius 2 is 1.93 bits per heavy atom. The molecule has 3 aromatic heterocycles. The van der Waals surface area contributed by atoms with Gasteiger partial charge in [0.25, 0.3) is 0 Å². The first-order valence-electron chi connectivity index (χ1n) is 9.55. The molecule has 1 aromatic carbocycles. The van der Waals surface area contributed by atoms with E-state index in [1.807, 2.05) is 64.0 Å². The molecule has 1 N–H and O–H groups in total. The van der Waals surface area contributed by atoms with Crippen LogP contribution in [0.5, 0.6) is 0 Å². The molecular formula is C21H19N5O3. The number of nitrogens with zero attached hydrogens (tertiary/aromatic N) is 5. The monoisotopic (exact) mass is 389 g/mol. The zero-order valence-electron chi connectivity index (χ0n) is 15.6. The van der Waals surface area contributed by atoms with E-state index in [1.165, 1.54) is 0 Å². The highest BCUT2D eigenvalue weighted by molar-refractivity contribution is 5.99. The van der Waals surface area contributed by atoms with E-state index < -0.39 is 5.97 Å². The summed E-state index contributed by atoms with van der Waals surface area (Å²) in [5, 5.41) is 22.6. The van der Waals surface area contributed by atoms with Gasteiger partial charge in [0, 0.05) is 30.8 Å². The van der Waals surface area contributed by atoms with Gasteiger partial charge in [-0.3, -0.25) is 4.40 Å². The van der Waals surface area contributed by atoms with Gasteiger partial charge in [0.1, 0.15) is 5.82 Å². The van der Waals surface area contributed by atoms with Crippen molar-refractivity contribution in [1.29, 1.82) is 0 Å². The second kappa shape index (κ2) is 7.05. The predicted octanol–water partition coefficient (Wildman–Crippen LogP) is 3.47. The zero-order chi connectivity index (χ0) is 19.8. The molecule has 1 aliphatic rings. The molecular weight excluding hydrogens is 370 g/mol. The summed E-state index contributed by atoms with van der Waals surface area (Å²) < 4.78 is 7.48. The van der Waals surface area contributed by atoms with Crippen molar-refractivity contribution >= 4 is 17.4 Å². The molecule has 1 fully saturated rings. The molecule has 0 spiro atoms. The van der Waals surface area contributed by atoms with Gasteiger partial charge in [0.2, 0.25) is 0 Å². The molecule has 4 aromatic rings. The lowest BCUT2D eigenvalue weighted by Gasteiger charge is -2.32. The number of carbonyl (C=O) groups is 1. The Morgan fingerprint density at radius 1 is 1.10 bits per heavy atom. The van der Waals surface area contributed by atoms with Crippen molar-refractivity contribution in [2.45, 2.75) is 18.8 Å². The third-order valence-corrected chi connectivity index (χ3v) is 5.35. The van der Waals surface area contributed by atoms with Crippen molar-refractivity contribution in [3.05, 3.63) is 66.1 Å². The third-order valence-electron chi connectivity index (χ3n) is 5.35. The van der Waals surface area contributed by atoms with Gasteiger partial charge in [-0.1, -0.05) is 41.6 Å². The van der Waals surface area contributed by atoms with Gasteiger partial charge < -0.3 is 14.5 Å². The zero-order valence-corrected chi connectivity index (χ0v) is 15.6. The predicted molar refractivity (Wildman–Crippen MR) is 106 cm³/mol. The summed E-state index contributed by atoms with van der Waals surface area (Å²) in [7, 11) is 0. The molecule has 1 unspecified atom stereocenters. The fraction of sp³-hybridized carbons (Fsp3) is 0.238. The largest absolute Gasteiger partial charge is 0.477 e. The Labute approximate surface area is 166 Å². The second-order valence-corrected chi connectivity index (χ2v) is 7.15. The first-order valence-corrected chi connectivity index (χ1v) is 9.55. The topological polar surface area (TPSA) is 96.8 Å². The van der Waals surface area contributed by atoms with Crippen LogP contribution < -0.4 is 4.90 Å². The quantitative estimate of drug-likeness (QED) is 0.571. The molecule has 146 valence electrons. The average Bonchev–Trinajstić information content (AvgIpc) is 3.39. The molecule has 1 aliphatic heterocycles. The number of hydrogen-bond acceptors (Lipinski definition) is 6. The minimum absolute atomic E-state index is 0.1000. The van der Waals surface area contributed by atoms with Crippen LogP contribution in [-0.4, -0.2) is 43.9 Å². The number of piperidine rings is 1. The van der Waals surface area contributed by atoms with Crippen molar-refractivity contribution in [1.82, 2.24) is 19.8 Å². The summed E-state index contributed by atoms with van der Waals surface area (Å²) in [5.74, 6) is 0.613. The summed E-state index contributed by atoms with van der Waals surface area (Å²) in [5.41, 5.74) is 1.60. The Balaban J connectivity index is 1.50. The highest BCUT2D eigenvalue weighted by Crippen LogP contribution is 2.35. The van der Waals surface area contributed by atoms with E-state index in [-0.39, 0.29) is 17.2 Å². The molecule has 8 nitrogen and oxygen atoms in total. The van der Waals surface area contributed by atoms with Crippen LogP contribution >= 0.6 is 0 Å². The fourth-order valence-electron chi connectivity index (χ4n) is 4.00. The first-order chi connectivity index (χ1) is 14.2. The van der Waals surface area contributed by atoms with Gasteiger partial charge in [-0.25, -0.2) is 4.79 Å². The molecule has 1 saturated heterocycles. The van der Waals surface area contributed by atoms with E-state index in [2.05, 4.69) is 15.4 Å². The summed E-state index contributed by atoms with van der Waals surface area (Å²) in [6.45, 7) is 1.32. The molecule has 29 heavy (non-hydrogen) atoms. The maximum Gasteiger partial charge on any atom is 0.343 e. The van der Waals surface area contributed by atoms with Crippen LogP contribution in [0.1, 0.15) is 34.9 Å². The Bertz CT molecular complexity index is 1170. The van der Waals surface area contributed by atoms with Gasteiger partial charge in [-0.15, -0.1) is 10.2 Å². The fourth-order valence-corrected chi connectivity index (χ4v) is 4.00. The van der Waals surface area contributed by atoms with Crippen LogP contribution in [0.2, 0.25) is 0 Å². The number of anilines is 1. The van der Waals surface area contributed by atoms with Crippen LogP contribution in [0.25, 0.3) is 17.0 Å². The Hall–Kier alpha value is -3.68. The molecule has 0 aliphatic carbocycles. The summed E-state index contributed by atoms with van der Waals surface area (Å²) >= 11 is 0. The highest BCUT2D eigenvalue weighted by Gasteiger charge is 2.32. The highest BCUT2D eigenvalue weighted by atomic mass is 16.5. The van der Waals surface area contributed by atoms with Gasteiger partial charge in [0.15, 0.2) is 22.8 Å². The summed E-state index contributed by atoms with van der Waals surface area (Å²) in [6, 6.07) is 15.0. The lowest BCUT2D eigenvalue weighted by Crippen LogP contribution is -2.36. The van der Waals surface area contributed by atoms with Gasteiger partial charge in [0.05, 0.1) is 0 Å². The molecule has 8 heteroatoms. The van der Waals surface area contributed by atoms with Crippen LogP contribution in [-0.2, 0) is 0 Å². The standard InChI is InChI=1S/C21H19N5O3/c27-21(28)17-18(14-7-2-1-3-8-14)29-24-20(17)25-11-6-9-15(13-25)19-23-22-16-10-4-5-12-26(16)19/h1-5,7-8,10,12,15H,6,9,11,13H2,(H,27,28). The maximum absolute atomic E-state index is 12.1. The minimum Gasteiger partial charge on any atom is -0.477 e. The molecule has 0 amide bonds. The van der Waals surface area contributed by atoms with E-state index in [9.17, 15) is 9.90 Å². The number of aromatic nitrogens is 4. The molecule has 1 atom stereocenters. The first kappa shape index (κ1) is 17.4. The van der Waals surface area contributed by atoms with Crippen LogP contribution in [0.4, 0.5) is 5.82 Å². The van der Waals surface area contributed by atoms with Crippen molar-refractivity contribution < 1.29 is 14.4 Å². The number of benzene rings is 1. The number of hydrogen-bond donors (Lipinski definition) is 1. The van der Waals surface area contributed by atoms with E-state index in [1.54, 1.807) is 0 Å². The average molecular weight is 389 g/mol. The number of pyridine rings is 1. The van der Waals surface area contributed by atoms with Crippen LogP contribution in [0.15, 0.2) is 59.3 Å². The number of rotatable bonds is 4. The summed E-state index contributed by atoms with van der Waals surface area (Å²) in [4.78, 5) is 14.0. The second-order valence-electron chi connectivity index (χ2n) is 7.15. The number of aromatic carboxylic acids is 1. The molecule has 5 rings (SSSR count). The minimum atomic E-state index is -1.05. The number of fused-ring (bicyclic) bond motifs is 1. The van der Waals surface area contributed by atoms with E-state index in [0.29, 0.717) is 24.5 Å². The van der Waals surface area contributed by atoms with Crippen molar-refractivity contribution in [2.75, 3.05) is 18.0 Å².